The Bertz CT molecular complexity index is 1080. The average Bonchev–Trinajstić information content (AvgIpc) is 2.92. The van der Waals surface area contributed by atoms with Crippen LogP contribution in [0.25, 0.3) is 0 Å². The zero-order valence-corrected chi connectivity index (χ0v) is 20.0. The number of carbonyl (C=O) groups is 3. The third kappa shape index (κ3) is 2.62. The maximum Gasteiger partial charge on any atom is 0.201 e. The van der Waals surface area contributed by atoms with Crippen LogP contribution in [0.5, 0.6) is 0 Å². The third-order valence-electron chi connectivity index (χ3n) is 9.29. The Hall–Kier alpha value is -1.93. The molecule has 178 valence electrons. The van der Waals surface area contributed by atoms with Crippen LogP contribution in [-0.2, 0) is 23.9 Å². The van der Waals surface area contributed by atoms with Gasteiger partial charge < -0.3 is 19.7 Å². The summed E-state index contributed by atoms with van der Waals surface area (Å²) in [6.07, 6.45) is 1.85. The van der Waals surface area contributed by atoms with Crippen molar-refractivity contribution < 1.29 is 34.1 Å². The van der Waals surface area contributed by atoms with E-state index in [0.717, 1.165) is 0 Å². The van der Waals surface area contributed by atoms with E-state index in [-0.39, 0.29) is 29.7 Å². The molecule has 2 aliphatic heterocycles. The molecule has 3 unspecified atom stereocenters. The van der Waals surface area contributed by atoms with Crippen molar-refractivity contribution in [1.29, 1.82) is 0 Å². The first-order valence-electron chi connectivity index (χ1n) is 11.7. The number of aliphatic hydroxyl groups is 2. The Kier molecular flexibility index (Phi) is 4.57. The van der Waals surface area contributed by atoms with Gasteiger partial charge in [0.2, 0.25) is 5.79 Å². The minimum Gasteiger partial charge on any atom is -0.391 e. The van der Waals surface area contributed by atoms with Crippen molar-refractivity contribution in [3.8, 4) is 0 Å². The summed E-state index contributed by atoms with van der Waals surface area (Å²) in [5, 5.41) is 22.8. The molecule has 0 radical (unpaired) electrons. The second-order valence-electron chi connectivity index (χ2n) is 11.4. The van der Waals surface area contributed by atoms with E-state index in [1.807, 2.05) is 27.7 Å². The summed E-state index contributed by atoms with van der Waals surface area (Å²) < 4.78 is 12.9. The predicted molar refractivity (Wildman–Crippen MR) is 118 cm³/mol. The van der Waals surface area contributed by atoms with Gasteiger partial charge in [0, 0.05) is 29.2 Å². The van der Waals surface area contributed by atoms with Crippen LogP contribution in [-0.4, -0.2) is 57.3 Å². The molecular weight excluding hydrogens is 424 g/mol. The smallest absolute Gasteiger partial charge is 0.201 e. The first-order valence-corrected chi connectivity index (χ1v) is 11.7. The topological polar surface area (TPSA) is 110 Å². The molecule has 0 bridgehead atoms. The molecule has 2 saturated heterocycles. The van der Waals surface area contributed by atoms with Crippen molar-refractivity contribution in [2.45, 2.75) is 84.1 Å². The monoisotopic (exact) mass is 456 g/mol. The number of ether oxygens (including phenoxy) is 2. The molecule has 7 nitrogen and oxygen atoms in total. The van der Waals surface area contributed by atoms with Crippen molar-refractivity contribution in [2.75, 3.05) is 0 Å². The van der Waals surface area contributed by atoms with Gasteiger partial charge in [0.1, 0.15) is 12.2 Å². The van der Waals surface area contributed by atoms with Gasteiger partial charge in [-0.2, -0.15) is 0 Å². The highest BCUT2D eigenvalue weighted by atomic mass is 16.7. The fourth-order valence-electron chi connectivity index (χ4n) is 6.60. The summed E-state index contributed by atoms with van der Waals surface area (Å²) in [4.78, 5) is 38.8. The highest BCUT2D eigenvalue weighted by Crippen LogP contribution is 2.61. The van der Waals surface area contributed by atoms with Gasteiger partial charge in [-0.1, -0.05) is 20.8 Å². The lowest BCUT2D eigenvalue weighted by molar-refractivity contribution is -0.361. The van der Waals surface area contributed by atoms with Gasteiger partial charge in [-0.3, -0.25) is 14.4 Å². The molecule has 0 amide bonds. The van der Waals surface area contributed by atoms with Crippen molar-refractivity contribution in [2.24, 2.45) is 22.7 Å². The summed E-state index contributed by atoms with van der Waals surface area (Å²) in [5.41, 5.74) is -1.31. The molecule has 5 aliphatic rings. The number of aliphatic hydroxyl groups excluding tert-OH is 2. The minimum atomic E-state index is -1.53. The van der Waals surface area contributed by atoms with E-state index in [1.165, 1.54) is 18.2 Å². The van der Waals surface area contributed by atoms with Crippen molar-refractivity contribution in [3.05, 3.63) is 34.9 Å². The molecule has 0 aromatic rings. The van der Waals surface area contributed by atoms with Crippen LogP contribution in [0.2, 0.25) is 0 Å². The molecule has 1 spiro atoms. The molecule has 2 fully saturated rings. The number of allylic oxidation sites excluding steroid dienone is 4. The van der Waals surface area contributed by atoms with Gasteiger partial charge in [-0.05, 0) is 56.6 Å². The van der Waals surface area contributed by atoms with Gasteiger partial charge >= 0.3 is 0 Å². The SMILES string of the molecule is C[C@H]1[C@@H](O)[C@]2(OC3C4=CC(=O)C5=CC(=O)CCC5(C)C4=CC(=O)[C@]3(C)C(O)[C@@H]2C)OC1(C)C. The van der Waals surface area contributed by atoms with E-state index < -0.39 is 46.4 Å². The number of ketones is 3. The van der Waals surface area contributed by atoms with Gasteiger partial charge in [0.05, 0.1) is 17.1 Å². The average molecular weight is 457 g/mol. The van der Waals surface area contributed by atoms with Gasteiger partial charge in [-0.15, -0.1) is 0 Å². The first kappa shape index (κ1) is 22.8. The van der Waals surface area contributed by atoms with Crippen LogP contribution in [0.3, 0.4) is 0 Å². The number of hydrogen-bond donors (Lipinski definition) is 2. The largest absolute Gasteiger partial charge is 0.391 e. The van der Waals surface area contributed by atoms with Crippen LogP contribution < -0.4 is 0 Å². The summed E-state index contributed by atoms with van der Waals surface area (Å²) >= 11 is 0. The highest BCUT2D eigenvalue weighted by Gasteiger charge is 2.71. The van der Waals surface area contributed by atoms with Crippen molar-refractivity contribution >= 4 is 17.3 Å². The van der Waals surface area contributed by atoms with Crippen molar-refractivity contribution in [1.82, 2.24) is 0 Å². The van der Waals surface area contributed by atoms with Gasteiger partial charge in [-0.25, -0.2) is 0 Å². The molecule has 33 heavy (non-hydrogen) atoms. The zero-order valence-electron chi connectivity index (χ0n) is 20.0. The van der Waals surface area contributed by atoms with E-state index in [1.54, 1.807) is 13.8 Å². The lowest BCUT2D eigenvalue weighted by atomic mass is 9.54. The molecule has 0 aromatic heterocycles. The van der Waals surface area contributed by atoms with Gasteiger partial charge in [0.15, 0.2) is 17.3 Å². The first-order chi connectivity index (χ1) is 15.2. The fourth-order valence-corrected chi connectivity index (χ4v) is 6.60. The highest BCUT2D eigenvalue weighted by molar-refractivity contribution is 6.14. The Labute approximate surface area is 193 Å². The van der Waals surface area contributed by atoms with Crippen LogP contribution in [0.4, 0.5) is 0 Å². The number of carbonyl (C=O) groups excluding carboxylic acids is 3. The quantitative estimate of drug-likeness (QED) is 0.575. The molecule has 0 saturated carbocycles. The molecule has 0 aromatic carbocycles. The molecule has 2 heterocycles. The summed E-state index contributed by atoms with van der Waals surface area (Å²) in [6, 6.07) is 0. The minimum absolute atomic E-state index is 0.101. The fraction of sp³-hybridized carbons (Fsp3) is 0.654. The van der Waals surface area contributed by atoms with E-state index >= 15 is 0 Å². The van der Waals surface area contributed by atoms with Crippen LogP contribution >= 0.6 is 0 Å². The third-order valence-corrected chi connectivity index (χ3v) is 9.29. The maximum absolute atomic E-state index is 13.6. The lowest BCUT2D eigenvalue weighted by Gasteiger charge is -2.58. The Morgan fingerprint density at radius 1 is 0.909 bits per heavy atom. The van der Waals surface area contributed by atoms with Crippen LogP contribution in [0, 0.1) is 22.7 Å². The molecule has 5 rings (SSSR count). The number of hydrogen-bond acceptors (Lipinski definition) is 7. The van der Waals surface area contributed by atoms with Crippen LogP contribution in [0.1, 0.15) is 54.4 Å². The zero-order chi connectivity index (χ0) is 24.3. The van der Waals surface area contributed by atoms with Crippen LogP contribution in [0.15, 0.2) is 34.9 Å². The number of rotatable bonds is 0. The van der Waals surface area contributed by atoms with E-state index in [9.17, 15) is 24.6 Å². The van der Waals surface area contributed by atoms with E-state index in [2.05, 4.69) is 0 Å². The molecule has 2 N–H and O–H groups in total. The molecule has 3 aliphatic carbocycles. The van der Waals surface area contributed by atoms with E-state index in [4.69, 9.17) is 9.47 Å². The molecular formula is C26H32O7. The van der Waals surface area contributed by atoms with Crippen molar-refractivity contribution in [3.63, 3.8) is 0 Å². The standard InChI is InChI=1S/C26H32O7/c1-12-21(31)26(33-23(12,3)4)13(2)20(30)25(6)19(29)11-16-15(22(25)32-26)10-18(28)17-9-14(27)7-8-24(16,17)5/h9-13,20-22,30-31H,7-8H2,1-6H3/t12-,13-,20?,21+,22?,24?,25+,26+/m0/s1. The van der Waals surface area contributed by atoms with E-state index in [0.29, 0.717) is 23.1 Å². The Morgan fingerprint density at radius 2 is 1.58 bits per heavy atom. The summed E-state index contributed by atoms with van der Waals surface area (Å²) in [5.74, 6) is -3.20. The second-order valence-corrected chi connectivity index (χ2v) is 11.4. The summed E-state index contributed by atoms with van der Waals surface area (Å²) in [7, 11) is 0. The second kappa shape index (κ2) is 6.60. The normalized spacial score (nSPS) is 48.5. The Morgan fingerprint density at radius 3 is 2.18 bits per heavy atom. The maximum atomic E-state index is 13.6. The lowest BCUT2D eigenvalue weighted by Crippen LogP contribution is -2.69. The van der Waals surface area contributed by atoms with Gasteiger partial charge in [0.25, 0.3) is 0 Å². The molecule has 7 heteroatoms. The molecule has 8 atom stereocenters. The Balaban J connectivity index is 1.70. The number of fused-ring (bicyclic) bond motifs is 5. The summed E-state index contributed by atoms with van der Waals surface area (Å²) in [6.45, 7) is 10.9. The predicted octanol–water partition coefficient (Wildman–Crippen LogP) is 2.20.